The van der Waals surface area contributed by atoms with E-state index in [2.05, 4.69) is 20.9 Å². The van der Waals surface area contributed by atoms with E-state index >= 15 is 0 Å². The van der Waals surface area contributed by atoms with Gasteiger partial charge < -0.3 is 9.30 Å². The number of aromatic nitrogens is 3. The molecule has 0 fully saturated rings. The molecule has 0 saturated carbocycles. The lowest BCUT2D eigenvalue weighted by atomic mass is 10.2. The van der Waals surface area contributed by atoms with Crippen molar-refractivity contribution in [2.24, 2.45) is 0 Å². The van der Waals surface area contributed by atoms with Crippen molar-refractivity contribution >= 4 is 60.9 Å². The standard InChI is InChI=1S/C23H23BrN4O2S.ClH/c1-16(2)30-19-7-4-17(5-8-19)22(29)28(12-3-11-27-13-10-25-15-27)23-26-20-9-6-18(24)14-21(20)31-23;/h4-10,13-16H,3,11-12H2,1-2H3;1H. The summed E-state index contributed by atoms with van der Waals surface area (Å²) in [7, 11) is 0. The van der Waals surface area contributed by atoms with Gasteiger partial charge in [0.25, 0.3) is 5.91 Å². The largest absolute Gasteiger partial charge is 0.491 e. The normalized spacial score (nSPS) is 10.9. The van der Waals surface area contributed by atoms with Crippen LogP contribution in [0.25, 0.3) is 10.2 Å². The molecule has 0 aliphatic heterocycles. The van der Waals surface area contributed by atoms with E-state index in [1.54, 1.807) is 17.4 Å². The van der Waals surface area contributed by atoms with Crippen molar-refractivity contribution in [2.75, 3.05) is 11.4 Å². The van der Waals surface area contributed by atoms with E-state index in [1.807, 2.05) is 67.1 Å². The summed E-state index contributed by atoms with van der Waals surface area (Å²) in [6, 6.07) is 13.3. The predicted molar refractivity (Wildman–Crippen MR) is 135 cm³/mol. The van der Waals surface area contributed by atoms with Crippen molar-refractivity contribution < 1.29 is 9.53 Å². The van der Waals surface area contributed by atoms with Crippen LogP contribution >= 0.6 is 39.7 Å². The highest BCUT2D eigenvalue weighted by Crippen LogP contribution is 2.32. The molecule has 0 aliphatic carbocycles. The third-order valence-electron chi connectivity index (χ3n) is 4.65. The number of ether oxygens (including phenoxy) is 1. The molecule has 6 nitrogen and oxygen atoms in total. The summed E-state index contributed by atoms with van der Waals surface area (Å²) in [6.45, 7) is 5.29. The average Bonchev–Trinajstić information content (AvgIpc) is 3.40. The second-order valence-electron chi connectivity index (χ2n) is 7.41. The summed E-state index contributed by atoms with van der Waals surface area (Å²) in [5.74, 6) is 0.683. The molecule has 2 aromatic heterocycles. The second kappa shape index (κ2) is 10.9. The molecule has 0 unspecified atom stereocenters. The number of rotatable bonds is 8. The third kappa shape index (κ3) is 5.88. The number of halogens is 2. The molecule has 0 N–H and O–H groups in total. The van der Waals surface area contributed by atoms with Gasteiger partial charge in [0.1, 0.15) is 5.75 Å². The molecule has 0 spiro atoms. The zero-order valence-electron chi connectivity index (χ0n) is 17.8. The van der Waals surface area contributed by atoms with Crippen molar-refractivity contribution in [3.63, 3.8) is 0 Å². The van der Waals surface area contributed by atoms with E-state index in [0.29, 0.717) is 17.2 Å². The Morgan fingerprint density at radius 1 is 1.22 bits per heavy atom. The summed E-state index contributed by atoms with van der Waals surface area (Å²) >= 11 is 5.03. The minimum Gasteiger partial charge on any atom is -0.491 e. The number of imidazole rings is 1. The van der Waals surface area contributed by atoms with Crippen LogP contribution in [-0.2, 0) is 6.54 Å². The molecule has 0 radical (unpaired) electrons. The first-order valence-corrected chi connectivity index (χ1v) is 11.7. The first-order valence-electron chi connectivity index (χ1n) is 10.1. The lowest BCUT2D eigenvalue weighted by molar-refractivity contribution is 0.0986. The van der Waals surface area contributed by atoms with Crippen LogP contribution in [0.1, 0.15) is 30.6 Å². The highest BCUT2D eigenvalue weighted by atomic mass is 79.9. The molecule has 1 amide bonds. The number of carbonyl (C=O) groups is 1. The van der Waals surface area contributed by atoms with E-state index < -0.39 is 0 Å². The van der Waals surface area contributed by atoms with Gasteiger partial charge in [-0.1, -0.05) is 27.3 Å². The van der Waals surface area contributed by atoms with Crippen LogP contribution in [0.4, 0.5) is 5.13 Å². The summed E-state index contributed by atoms with van der Waals surface area (Å²) < 4.78 is 9.75. The Kier molecular flexibility index (Phi) is 8.28. The van der Waals surface area contributed by atoms with Gasteiger partial charge in [0.05, 0.1) is 22.6 Å². The van der Waals surface area contributed by atoms with Gasteiger partial charge in [0, 0.05) is 35.5 Å². The van der Waals surface area contributed by atoms with Crippen LogP contribution in [-0.4, -0.2) is 33.1 Å². The van der Waals surface area contributed by atoms with E-state index in [9.17, 15) is 4.79 Å². The van der Waals surface area contributed by atoms with Gasteiger partial charge in [-0.15, -0.1) is 12.4 Å². The van der Waals surface area contributed by atoms with Crippen LogP contribution in [0.15, 0.2) is 65.7 Å². The number of amides is 1. The molecule has 0 atom stereocenters. The fraction of sp³-hybridized carbons (Fsp3) is 0.261. The smallest absolute Gasteiger partial charge is 0.260 e. The van der Waals surface area contributed by atoms with Crippen molar-refractivity contribution in [1.82, 2.24) is 14.5 Å². The SMILES string of the molecule is CC(C)Oc1ccc(C(=O)N(CCCn2ccnc2)c2nc3ccc(Br)cc3s2)cc1.Cl. The molecular weight excluding hydrogens is 512 g/mol. The number of hydrogen-bond acceptors (Lipinski definition) is 5. The summed E-state index contributed by atoms with van der Waals surface area (Å²) in [4.78, 5) is 24.0. The molecule has 4 aromatic rings. The van der Waals surface area contributed by atoms with Crippen molar-refractivity contribution in [2.45, 2.75) is 32.9 Å². The molecular formula is C23H24BrClN4O2S. The van der Waals surface area contributed by atoms with Crippen molar-refractivity contribution in [1.29, 1.82) is 0 Å². The maximum Gasteiger partial charge on any atom is 0.260 e. The zero-order chi connectivity index (χ0) is 21.8. The van der Waals surface area contributed by atoms with Gasteiger partial charge in [-0.05, 0) is 62.7 Å². The summed E-state index contributed by atoms with van der Waals surface area (Å²) in [5.41, 5.74) is 1.50. The Labute approximate surface area is 205 Å². The monoisotopic (exact) mass is 534 g/mol. The lowest BCUT2D eigenvalue weighted by Crippen LogP contribution is -2.32. The predicted octanol–water partition coefficient (Wildman–Crippen LogP) is 6.20. The molecule has 9 heteroatoms. The highest BCUT2D eigenvalue weighted by molar-refractivity contribution is 9.10. The molecule has 2 heterocycles. The van der Waals surface area contributed by atoms with Gasteiger partial charge in [0.2, 0.25) is 0 Å². The van der Waals surface area contributed by atoms with Crippen LogP contribution in [0.3, 0.4) is 0 Å². The summed E-state index contributed by atoms with van der Waals surface area (Å²) in [6.07, 6.45) is 6.35. The number of anilines is 1. The minimum atomic E-state index is -0.0696. The van der Waals surface area contributed by atoms with Crippen LogP contribution in [0.2, 0.25) is 0 Å². The number of thiazole rings is 1. The van der Waals surface area contributed by atoms with E-state index in [4.69, 9.17) is 9.72 Å². The maximum atomic E-state index is 13.4. The Bertz CT molecular complexity index is 1160. The maximum absolute atomic E-state index is 13.4. The number of benzene rings is 2. The molecule has 0 bridgehead atoms. The number of aryl methyl sites for hydroxylation is 1. The fourth-order valence-electron chi connectivity index (χ4n) is 3.22. The van der Waals surface area contributed by atoms with Gasteiger partial charge in [-0.25, -0.2) is 9.97 Å². The Morgan fingerprint density at radius 2 is 2.00 bits per heavy atom. The number of hydrogen-bond donors (Lipinski definition) is 0. The van der Waals surface area contributed by atoms with E-state index in [1.165, 1.54) is 11.3 Å². The summed E-state index contributed by atoms with van der Waals surface area (Å²) in [5, 5.41) is 0.700. The molecule has 2 aromatic carbocycles. The molecule has 0 aliphatic rings. The zero-order valence-corrected chi connectivity index (χ0v) is 21.0. The molecule has 32 heavy (non-hydrogen) atoms. The van der Waals surface area contributed by atoms with Gasteiger partial charge in [-0.2, -0.15) is 0 Å². The third-order valence-corrected chi connectivity index (χ3v) is 6.18. The van der Waals surface area contributed by atoms with E-state index in [-0.39, 0.29) is 24.4 Å². The minimum absolute atomic E-state index is 0. The van der Waals surface area contributed by atoms with Crippen LogP contribution < -0.4 is 9.64 Å². The fourth-order valence-corrected chi connectivity index (χ4v) is 4.76. The molecule has 0 saturated heterocycles. The van der Waals surface area contributed by atoms with Gasteiger partial charge in [0.15, 0.2) is 5.13 Å². The number of fused-ring (bicyclic) bond motifs is 1. The topological polar surface area (TPSA) is 60.2 Å². The first-order chi connectivity index (χ1) is 15.0. The quantitative estimate of drug-likeness (QED) is 0.269. The first kappa shape index (κ1) is 24.2. The van der Waals surface area contributed by atoms with Gasteiger partial charge >= 0.3 is 0 Å². The Morgan fingerprint density at radius 3 is 2.69 bits per heavy atom. The Hall–Kier alpha value is -2.42. The molecule has 168 valence electrons. The Balaban J connectivity index is 0.00000289. The van der Waals surface area contributed by atoms with Crippen molar-refractivity contribution in [3.8, 4) is 5.75 Å². The van der Waals surface area contributed by atoms with Gasteiger partial charge in [-0.3, -0.25) is 9.69 Å². The average molecular weight is 536 g/mol. The van der Waals surface area contributed by atoms with E-state index in [0.717, 1.165) is 33.4 Å². The molecule has 4 rings (SSSR count). The lowest BCUT2D eigenvalue weighted by Gasteiger charge is -2.20. The second-order valence-corrected chi connectivity index (χ2v) is 9.34. The van der Waals surface area contributed by atoms with Crippen LogP contribution in [0.5, 0.6) is 5.75 Å². The highest BCUT2D eigenvalue weighted by Gasteiger charge is 2.21. The number of nitrogens with zero attached hydrogens (tertiary/aromatic N) is 4. The van der Waals surface area contributed by atoms with Crippen molar-refractivity contribution in [3.05, 3.63) is 71.2 Å². The number of carbonyl (C=O) groups excluding carboxylic acids is 1. The van der Waals surface area contributed by atoms with Crippen LogP contribution in [0, 0.1) is 0 Å².